The Bertz CT molecular complexity index is 709. The summed E-state index contributed by atoms with van der Waals surface area (Å²) >= 11 is 1.58. The zero-order valence-electron chi connectivity index (χ0n) is 11.8. The van der Waals surface area contributed by atoms with E-state index in [1.54, 1.807) is 17.8 Å². The highest BCUT2D eigenvalue weighted by atomic mass is 32.2. The normalized spacial score (nSPS) is 25.3. The van der Waals surface area contributed by atoms with Crippen LogP contribution >= 0.6 is 11.8 Å². The first-order valence-corrected chi connectivity index (χ1v) is 9.54. The van der Waals surface area contributed by atoms with Crippen LogP contribution in [0.3, 0.4) is 0 Å². The van der Waals surface area contributed by atoms with Crippen LogP contribution in [-0.2, 0) is 14.6 Å². The van der Waals surface area contributed by atoms with Crippen LogP contribution in [0.25, 0.3) is 0 Å². The van der Waals surface area contributed by atoms with Crippen molar-refractivity contribution in [1.82, 2.24) is 0 Å². The van der Waals surface area contributed by atoms with Gasteiger partial charge >= 0.3 is 0 Å². The summed E-state index contributed by atoms with van der Waals surface area (Å²) in [6.45, 7) is 0. The van der Waals surface area contributed by atoms with Crippen LogP contribution in [0.4, 0.5) is 5.69 Å². The average molecular weight is 323 g/mol. The molecule has 4 nitrogen and oxygen atoms in total. The number of nitrogens with zero attached hydrogens (tertiary/aromatic N) is 1. The van der Waals surface area contributed by atoms with Gasteiger partial charge in [0.25, 0.3) is 0 Å². The maximum absolute atomic E-state index is 12.2. The number of thioether (sulfide) groups is 1. The summed E-state index contributed by atoms with van der Waals surface area (Å²) in [4.78, 5) is 15.3. The van der Waals surface area contributed by atoms with Gasteiger partial charge in [-0.3, -0.25) is 4.79 Å². The van der Waals surface area contributed by atoms with Gasteiger partial charge in [-0.05, 0) is 24.5 Å². The number of carbonyl (C=O) groups is 1. The summed E-state index contributed by atoms with van der Waals surface area (Å²) in [6, 6.07) is 8.01. The molecule has 1 atom stereocenters. The molecule has 1 fully saturated rings. The summed E-state index contributed by atoms with van der Waals surface area (Å²) < 4.78 is 22.9. The molecule has 0 aromatic heterocycles. The van der Waals surface area contributed by atoms with Crippen molar-refractivity contribution in [2.75, 3.05) is 23.5 Å². The third-order valence-electron chi connectivity index (χ3n) is 3.87. The van der Waals surface area contributed by atoms with Crippen molar-refractivity contribution < 1.29 is 13.2 Å². The van der Waals surface area contributed by atoms with Crippen LogP contribution in [0.1, 0.15) is 12.8 Å². The molecule has 1 aromatic rings. The van der Waals surface area contributed by atoms with Gasteiger partial charge in [-0.25, -0.2) is 8.42 Å². The summed E-state index contributed by atoms with van der Waals surface area (Å²) in [5.74, 6) is 0.380. The maximum Gasteiger partial charge on any atom is 0.158 e. The first-order chi connectivity index (χ1) is 9.94. The zero-order chi connectivity index (χ0) is 15.0. The summed E-state index contributed by atoms with van der Waals surface area (Å²) in [7, 11) is -0.969. The van der Waals surface area contributed by atoms with Crippen molar-refractivity contribution in [3.05, 3.63) is 35.4 Å². The fourth-order valence-corrected chi connectivity index (χ4v) is 5.73. The second-order valence-corrected chi connectivity index (χ2v) is 8.84. The Kier molecular flexibility index (Phi) is 3.84. The number of para-hydroxylation sites is 1. The van der Waals surface area contributed by atoms with E-state index in [-0.39, 0.29) is 23.2 Å². The molecule has 2 aliphatic rings. The maximum atomic E-state index is 12.2. The lowest BCUT2D eigenvalue weighted by Gasteiger charge is -2.13. The van der Waals surface area contributed by atoms with E-state index in [9.17, 15) is 13.2 Å². The third kappa shape index (κ3) is 3.16. The number of fused-ring (bicyclic) bond motifs is 1. The number of anilines is 1. The molecule has 0 radical (unpaired) electrons. The van der Waals surface area contributed by atoms with Crippen LogP contribution < -0.4 is 4.90 Å². The van der Waals surface area contributed by atoms with Gasteiger partial charge in [0.15, 0.2) is 15.6 Å². The molecule has 0 saturated carbocycles. The van der Waals surface area contributed by atoms with E-state index in [2.05, 4.69) is 0 Å². The molecule has 0 N–H and O–H groups in total. The minimum Gasteiger partial charge on any atom is -0.338 e. The lowest BCUT2D eigenvalue weighted by molar-refractivity contribution is -0.115. The number of hydrogen-bond acceptors (Lipinski definition) is 5. The Morgan fingerprint density at radius 1 is 1.43 bits per heavy atom. The molecule has 2 heterocycles. The van der Waals surface area contributed by atoms with Crippen LogP contribution in [-0.4, -0.2) is 32.8 Å². The number of hydrogen-bond donors (Lipinski definition) is 0. The topological polar surface area (TPSA) is 54.5 Å². The van der Waals surface area contributed by atoms with E-state index in [0.29, 0.717) is 12.8 Å². The number of sulfone groups is 1. The predicted molar refractivity (Wildman–Crippen MR) is 85.2 cm³/mol. The molecule has 6 heteroatoms. The molecule has 3 rings (SSSR count). The minimum atomic E-state index is -2.91. The van der Waals surface area contributed by atoms with Crippen molar-refractivity contribution in [2.24, 2.45) is 5.92 Å². The number of ketones is 1. The molecule has 0 aliphatic carbocycles. The zero-order valence-corrected chi connectivity index (χ0v) is 13.4. The Balaban J connectivity index is 1.68. The van der Waals surface area contributed by atoms with E-state index in [4.69, 9.17) is 0 Å². The van der Waals surface area contributed by atoms with Crippen molar-refractivity contribution in [2.45, 2.75) is 17.7 Å². The van der Waals surface area contributed by atoms with E-state index in [1.807, 2.05) is 36.2 Å². The van der Waals surface area contributed by atoms with Crippen molar-refractivity contribution in [1.29, 1.82) is 0 Å². The van der Waals surface area contributed by atoms with E-state index >= 15 is 0 Å². The Morgan fingerprint density at radius 3 is 2.86 bits per heavy atom. The van der Waals surface area contributed by atoms with Gasteiger partial charge in [-0.1, -0.05) is 23.9 Å². The van der Waals surface area contributed by atoms with E-state index < -0.39 is 9.84 Å². The average Bonchev–Trinajstić information content (AvgIpc) is 2.91. The van der Waals surface area contributed by atoms with Crippen LogP contribution in [0, 0.1) is 5.92 Å². The quantitative estimate of drug-likeness (QED) is 0.800. The summed E-state index contributed by atoms with van der Waals surface area (Å²) in [6.07, 6.45) is 2.59. The van der Waals surface area contributed by atoms with E-state index in [1.165, 1.54) is 0 Å². The van der Waals surface area contributed by atoms with Crippen LogP contribution in [0.15, 0.2) is 40.3 Å². The largest absolute Gasteiger partial charge is 0.338 e. The molecule has 1 aromatic carbocycles. The van der Waals surface area contributed by atoms with Gasteiger partial charge in [0.05, 0.1) is 22.2 Å². The second kappa shape index (κ2) is 5.50. The highest BCUT2D eigenvalue weighted by molar-refractivity contribution is 8.03. The molecule has 0 bridgehead atoms. The predicted octanol–water partition coefficient (Wildman–Crippen LogP) is 2.46. The first kappa shape index (κ1) is 14.7. The molecule has 112 valence electrons. The van der Waals surface area contributed by atoms with Crippen molar-refractivity contribution in [3.8, 4) is 0 Å². The van der Waals surface area contributed by atoms with Crippen molar-refractivity contribution in [3.63, 3.8) is 0 Å². The highest BCUT2D eigenvalue weighted by Crippen LogP contribution is 2.44. The standard InChI is InChI=1S/C15H17NO3S2/c1-16-13-4-2-3-5-14(13)20-15(16)9-12(17)8-11-6-7-21(18,19)10-11/h2-5,9,11H,6-8,10H2,1H3/b15-9+/t11-/m1/s1. The lowest BCUT2D eigenvalue weighted by atomic mass is 10.0. The summed E-state index contributed by atoms with van der Waals surface area (Å²) in [5.41, 5.74) is 1.10. The lowest BCUT2D eigenvalue weighted by Crippen LogP contribution is -2.13. The fourth-order valence-electron chi connectivity index (χ4n) is 2.76. The monoisotopic (exact) mass is 323 g/mol. The molecule has 2 aliphatic heterocycles. The number of benzene rings is 1. The molecular formula is C15H17NO3S2. The minimum absolute atomic E-state index is 0.0132. The number of rotatable bonds is 3. The van der Waals surface area contributed by atoms with Gasteiger partial charge in [0.1, 0.15) is 0 Å². The van der Waals surface area contributed by atoms with Crippen LogP contribution in [0.5, 0.6) is 0 Å². The smallest absolute Gasteiger partial charge is 0.158 e. The SMILES string of the molecule is CN1/C(=C\C(=O)C[C@H]2CCS(=O)(=O)C2)Sc2ccccc21. The molecule has 0 amide bonds. The Morgan fingerprint density at radius 2 is 2.19 bits per heavy atom. The van der Waals surface area contributed by atoms with E-state index in [0.717, 1.165) is 15.6 Å². The third-order valence-corrected chi connectivity index (χ3v) is 6.88. The Hall–Kier alpha value is -1.27. The highest BCUT2D eigenvalue weighted by Gasteiger charge is 2.29. The fraction of sp³-hybridized carbons (Fsp3) is 0.400. The molecule has 0 unspecified atom stereocenters. The first-order valence-electron chi connectivity index (χ1n) is 6.90. The number of carbonyl (C=O) groups excluding carboxylic acids is 1. The van der Waals surface area contributed by atoms with Gasteiger partial charge in [0, 0.05) is 24.4 Å². The molecule has 21 heavy (non-hydrogen) atoms. The molecular weight excluding hydrogens is 306 g/mol. The molecule has 0 spiro atoms. The molecule has 1 saturated heterocycles. The van der Waals surface area contributed by atoms with Gasteiger partial charge in [0.2, 0.25) is 0 Å². The Labute approximate surface area is 129 Å². The number of allylic oxidation sites excluding steroid dienone is 1. The van der Waals surface area contributed by atoms with Gasteiger partial charge in [-0.2, -0.15) is 0 Å². The second-order valence-electron chi connectivity index (χ2n) is 5.55. The van der Waals surface area contributed by atoms with Gasteiger partial charge < -0.3 is 4.90 Å². The van der Waals surface area contributed by atoms with Crippen LogP contribution in [0.2, 0.25) is 0 Å². The van der Waals surface area contributed by atoms with Crippen molar-refractivity contribution >= 4 is 33.1 Å². The summed E-state index contributed by atoms with van der Waals surface area (Å²) in [5, 5.41) is 0.905. The van der Waals surface area contributed by atoms with Gasteiger partial charge in [-0.15, -0.1) is 0 Å².